The highest BCUT2D eigenvalue weighted by atomic mass is 79.9. The number of ether oxygens (including phenoxy) is 1. The highest BCUT2D eigenvalue weighted by Crippen LogP contribution is 2.22. The number of hydrogen-bond acceptors (Lipinski definition) is 5. The molecule has 0 spiro atoms. The minimum atomic E-state index is -0.590. The van der Waals surface area contributed by atoms with Crippen molar-refractivity contribution in [1.29, 1.82) is 0 Å². The van der Waals surface area contributed by atoms with E-state index in [1.165, 1.54) is 16.0 Å². The first-order valence-electron chi connectivity index (χ1n) is 7.95. The third-order valence-electron chi connectivity index (χ3n) is 3.93. The SMILES string of the molecule is Cc1c(NC(=O)COC(=O)c2ccc(Br)s2)c(=O)n(-c2ccccc2)n1C. The number of benzene rings is 1. The summed E-state index contributed by atoms with van der Waals surface area (Å²) >= 11 is 4.47. The van der Waals surface area contributed by atoms with Crippen molar-refractivity contribution in [3.63, 3.8) is 0 Å². The van der Waals surface area contributed by atoms with E-state index in [0.717, 1.165) is 3.79 Å². The van der Waals surface area contributed by atoms with Crippen LogP contribution in [-0.4, -0.2) is 27.8 Å². The number of para-hydroxylation sites is 1. The maximum atomic E-state index is 12.7. The molecule has 3 aromatic rings. The van der Waals surface area contributed by atoms with Gasteiger partial charge in [-0.3, -0.25) is 14.3 Å². The van der Waals surface area contributed by atoms with E-state index >= 15 is 0 Å². The smallest absolute Gasteiger partial charge is 0.348 e. The van der Waals surface area contributed by atoms with Gasteiger partial charge in [0, 0.05) is 7.05 Å². The molecule has 27 heavy (non-hydrogen) atoms. The van der Waals surface area contributed by atoms with E-state index in [1.54, 1.807) is 42.9 Å². The average Bonchev–Trinajstić information content (AvgIpc) is 3.18. The quantitative estimate of drug-likeness (QED) is 0.606. The number of thiophene rings is 1. The van der Waals surface area contributed by atoms with E-state index in [0.29, 0.717) is 16.3 Å². The van der Waals surface area contributed by atoms with E-state index in [1.807, 2.05) is 18.2 Å². The lowest BCUT2D eigenvalue weighted by atomic mass is 10.3. The summed E-state index contributed by atoms with van der Waals surface area (Å²) in [4.78, 5) is 37.2. The number of amides is 1. The molecule has 140 valence electrons. The highest BCUT2D eigenvalue weighted by Gasteiger charge is 2.19. The summed E-state index contributed by atoms with van der Waals surface area (Å²) in [5, 5.41) is 2.55. The summed E-state index contributed by atoms with van der Waals surface area (Å²) in [6.45, 7) is 1.25. The van der Waals surface area contributed by atoms with Crippen molar-refractivity contribution in [3.8, 4) is 5.69 Å². The third-order valence-corrected chi connectivity index (χ3v) is 5.53. The van der Waals surface area contributed by atoms with E-state index in [4.69, 9.17) is 4.74 Å². The summed E-state index contributed by atoms with van der Waals surface area (Å²) in [6.07, 6.45) is 0. The normalized spacial score (nSPS) is 10.6. The van der Waals surface area contributed by atoms with Crippen LogP contribution in [0.15, 0.2) is 51.0 Å². The van der Waals surface area contributed by atoms with Crippen LogP contribution in [0.2, 0.25) is 0 Å². The Kier molecular flexibility index (Phi) is 5.62. The number of carbonyl (C=O) groups is 2. The monoisotopic (exact) mass is 449 g/mol. The molecule has 0 aliphatic heterocycles. The molecule has 1 N–H and O–H groups in total. The largest absolute Gasteiger partial charge is 0.451 e. The fraction of sp³-hybridized carbons (Fsp3) is 0.167. The number of halogens is 1. The summed E-state index contributed by atoms with van der Waals surface area (Å²) in [7, 11) is 1.73. The Morgan fingerprint density at radius 3 is 2.52 bits per heavy atom. The maximum absolute atomic E-state index is 12.7. The van der Waals surface area contributed by atoms with Gasteiger partial charge in [-0.2, -0.15) is 0 Å². The predicted molar refractivity (Wildman–Crippen MR) is 107 cm³/mol. The van der Waals surface area contributed by atoms with Gasteiger partial charge in [0.25, 0.3) is 11.5 Å². The fourth-order valence-electron chi connectivity index (χ4n) is 2.51. The molecule has 0 bridgehead atoms. The fourth-order valence-corrected chi connectivity index (χ4v) is 3.79. The van der Waals surface area contributed by atoms with E-state index < -0.39 is 18.5 Å². The molecule has 3 rings (SSSR count). The zero-order valence-corrected chi connectivity index (χ0v) is 17.0. The maximum Gasteiger partial charge on any atom is 0.348 e. The van der Waals surface area contributed by atoms with Crippen LogP contribution in [0.5, 0.6) is 0 Å². The summed E-state index contributed by atoms with van der Waals surface area (Å²) in [6, 6.07) is 12.4. The van der Waals surface area contributed by atoms with E-state index in [-0.39, 0.29) is 11.2 Å². The Bertz CT molecular complexity index is 1050. The van der Waals surface area contributed by atoms with Crippen molar-refractivity contribution in [2.75, 3.05) is 11.9 Å². The molecule has 0 aliphatic rings. The second-order valence-corrected chi connectivity index (χ2v) is 8.13. The van der Waals surface area contributed by atoms with Gasteiger partial charge >= 0.3 is 5.97 Å². The van der Waals surface area contributed by atoms with Crippen LogP contribution < -0.4 is 10.9 Å². The minimum Gasteiger partial charge on any atom is -0.451 e. The molecule has 2 aromatic heterocycles. The molecular weight excluding hydrogens is 434 g/mol. The standard InChI is InChI=1S/C18H16BrN3O4S/c1-11-16(17(24)22(21(11)2)12-6-4-3-5-7-12)20-15(23)10-26-18(25)13-8-9-14(19)27-13/h3-9H,10H2,1-2H3,(H,20,23). The van der Waals surface area contributed by atoms with Gasteiger partial charge in [-0.25, -0.2) is 9.48 Å². The Balaban J connectivity index is 1.73. The Labute approximate surface area is 167 Å². The number of esters is 1. The second-order valence-electron chi connectivity index (χ2n) is 5.66. The topological polar surface area (TPSA) is 82.3 Å². The molecule has 2 heterocycles. The molecule has 0 aliphatic carbocycles. The first-order chi connectivity index (χ1) is 12.9. The zero-order chi connectivity index (χ0) is 19.6. The molecule has 0 fully saturated rings. The van der Waals surface area contributed by atoms with Crippen LogP contribution in [0.3, 0.4) is 0 Å². The number of carbonyl (C=O) groups excluding carboxylic acids is 2. The van der Waals surface area contributed by atoms with Crippen LogP contribution in [-0.2, 0) is 16.6 Å². The summed E-state index contributed by atoms with van der Waals surface area (Å²) in [5.41, 5.74) is 1.07. The second kappa shape index (κ2) is 7.93. The summed E-state index contributed by atoms with van der Waals surface area (Å²) in [5.74, 6) is -1.17. The molecule has 9 heteroatoms. The average molecular weight is 450 g/mol. The third kappa shape index (κ3) is 4.04. The molecule has 0 unspecified atom stereocenters. The van der Waals surface area contributed by atoms with Crippen molar-refractivity contribution < 1.29 is 14.3 Å². The molecular formula is C18H16BrN3O4S. The van der Waals surface area contributed by atoms with E-state index in [9.17, 15) is 14.4 Å². The van der Waals surface area contributed by atoms with E-state index in [2.05, 4.69) is 21.2 Å². The Morgan fingerprint density at radius 2 is 1.89 bits per heavy atom. The van der Waals surface area contributed by atoms with Gasteiger partial charge in [-0.15, -0.1) is 11.3 Å². The van der Waals surface area contributed by atoms with Gasteiger partial charge in [0.15, 0.2) is 6.61 Å². The van der Waals surface area contributed by atoms with Gasteiger partial charge in [0.05, 0.1) is 15.2 Å². The number of nitrogens with one attached hydrogen (secondary N) is 1. The van der Waals surface area contributed by atoms with Crippen LogP contribution in [0, 0.1) is 6.92 Å². The molecule has 0 saturated carbocycles. The molecule has 0 atom stereocenters. The van der Waals surface area contributed by atoms with Gasteiger partial charge in [-0.05, 0) is 47.1 Å². The lowest BCUT2D eigenvalue weighted by molar-refractivity contribution is -0.119. The Morgan fingerprint density at radius 1 is 1.19 bits per heavy atom. The van der Waals surface area contributed by atoms with Gasteiger partial charge in [0.2, 0.25) is 0 Å². The van der Waals surface area contributed by atoms with Gasteiger partial charge in [0.1, 0.15) is 10.6 Å². The lowest BCUT2D eigenvalue weighted by Gasteiger charge is -2.07. The number of anilines is 1. The van der Waals surface area contributed by atoms with Crippen molar-refractivity contribution in [1.82, 2.24) is 9.36 Å². The minimum absolute atomic E-state index is 0.154. The number of rotatable bonds is 5. The van der Waals surface area contributed by atoms with Crippen LogP contribution in [0.25, 0.3) is 5.69 Å². The van der Waals surface area contributed by atoms with Crippen molar-refractivity contribution in [2.45, 2.75) is 6.92 Å². The first kappa shape index (κ1) is 19.1. The van der Waals surface area contributed by atoms with Crippen LogP contribution in [0.1, 0.15) is 15.4 Å². The lowest BCUT2D eigenvalue weighted by Crippen LogP contribution is -2.25. The zero-order valence-electron chi connectivity index (χ0n) is 14.6. The summed E-state index contributed by atoms with van der Waals surface area (Å²) < 4.78 is 8.91. The molecule has 0 saturated heterocycles. The van der Waals surface area contributed by atoms with Gasteiger partial charge in [-0.1, -0.05) is 18.2 Å². The van der Waals surface area contributed by atoms with Crippen molar-refractivity contribution in [2.24, 2.45) is 7.05 Å². The first-order valence-corrected chi connectivity index (χ1v) is 9.55. The molecule has 0 radical (unpaired) electrons. The number of nitrogens with zero attached hydrogens (tertiary/aromatic N) is 2. The Hall–Kier alpha value is -2.65. The molecule has 7 nitrogen and oxygen atoms in total. The predicted octanol–water partition coefficient (Wildman–Crippen LogP) is 3.10. The number of hydrogen-bond donors (Lipinski definition) is 1. The van der Waals surface area contributed by atoms with Crippen LogP contribution >= 0.6 is 27.3 Å². The van der Waals surface area contributed by atoms with Crippen molar-refractivity contribution in [3.05, 3.63) is 67.2 Å². The number of aromatic nitrogens is 2. The van der Waals surface area contributed by atoms with Crippen molar-refractivity contribution >= 4 is 44.8 Å². The molecule has 1 amide bonds. The molecule has 1 aromatic carbocycles. The van der Waals surface area contributed by atoms with Crippen LogP contribution in [0.4, 0.5) is 5.69 Å². The highest BCUT2D eigenvalue weighted by molar-refractivity contribution is 9.11. The van der Waals surface area contributed by atoms with Gasteiger partial charge < -0.3 is 10.1 Å².